The first-order valence-corrected chi connectivity index (χ1v) is 2.98. The fraction of sp³-hybridized carbons (Fsp3) is 0.625. The molecule has 0 atom stereocenters. The highest BCUT2D eigenvalue weighted by atomic mass is 16.6. The van der Waals surface area contributed by atoms with Gasteiger partial charge in [-0.25, -0.2) is 4.79 Å². The van der Waals surface area contributed by atoms with Gasteiger partial charge in [0.2, 0.25) is 0 Å². The summed E-state index contributed by atoms with van der Waals surface area (Å²) in [6.45, 7) is 2.22. The third-order valence-electron chi connectivity index (χ3n) is 1.17. The van der Waals surface area contributed by atoms with Crippen molar-refractivity contribution in [3.05, 3.63) is 22.1 Å². The third-order valence-corrected chi connectivity index (χ3v) is 1.17. The molecule has 0 amide bonds. The summed E-state index contributed by atoms with van der Waals surface area (Å²) in [5.41, 5.74) is 0. The van der Waals surface area contributed by atoms with E-state index in [2.05, 4.69) is 14.2 Å². The smallest absolute Gasteiger partial charge is 0.396 e. The number of aryl methyl sites for hydroxylation is 1. The summed E-state index contributed by atoms with van der Waals surface area (Å²) in [7, 11) is 1.77. The van der Waals surface area contributed by atoms with E-state index >= 15 is 0 Å². The van der Waals surface area contributed by atoms with Crippen molar-refractivity contribution in [2.24, 2.45) is 0 Å². The molecule has 0 aliphatic carbocycles. The molecule has 12 heavy (non-hydrogen) atoms. The van der Waals surface area contributed by atoms with Crippen molar-refractivity contribution in [1.82, 2.24) is 5.32 Å². The van der Waals surface area contributed by atoms with Gasteiger partial charge in [-0.2, -0.15) is 0 Å². The molecular formula is C8H17NO3. The first kappa shape index (κ1) is 13.6. The quantitative estimate of drug-likeness (QED) is 0.740. The molecule has 0 aliphatic rings. The maximum atomic E-state index is 10.4. The van der Waals surface area contributed by atoms with Crippen LogP contribution in [-0.4, -0.2) is 7.05 Å². The lowest BCUT2D eigenvalue weighted by atomic mass is 10.4. The Kier molecular flexibility index (Phi) is 6.32. The van der Waals surface area contributed by atoms with Crippen LogP contribution >= 0.6 is 0 Å². The summed E-state index contributed by atoms with van der Waals surface area (Å²) in [6, 6.07) is 0. The second-order valence-electron chi connectivity index (χ2n) is 1.96. The number of hydrogen-bond acceptors (Lipinski definition) is 4. The number of nitrogens with one attached hydrogen (secondary N) is 1. The van der Waals surface area contributed by atoms with E-state index in [1.54, 1.807) is 14.0 Å². The standard InChI is InChI=1S/C6H9NO3.2CH4/c1-4-5(3-7-2)10-6(8)9-4;;/h7H,3H2,1-2H3;2*1H4. The second-order valence-corrected chi connectivity index (χ2v) is 1.96. The Morgan fingerprint density at radius 3 is 2.25 bits per heavy atom. The van der Waals surface area contributed by atoms with Gasteiger partial charge in [-0.15, -0.1) is 0 Å². The van der Waals surface area contributed by atoms with Crippen LogP contribution < -0.4 is 11.1 Å². The molecule has 4 heteroatoms. The van der Waals surface area contributed by atoms with Crippen molar-refractivity contribution >= 4 is 0 Å². The van der Waals surface area contributed by atoms with Crippen molar-refractivity contribution in [2.45, 2.75) is 28.3 Å². The van der Waals surface area contributed by atoms with Crippen LogP contribution in [-0.2, 0) is 6.54 Å². The molecule has 72 valence electrons. The van der Waals surface area contributed by atoms with Crippen LogP contribution in [0.1, 0.15) is 26.4 Å². The predicted molar refractivity (Wildman–Crippen MR) is 48.2 cm³/mol. The second kappa shape index (κ2) is 5.60. The van der Waals surface area contributed by atoms with E-state index in [9.17, 15) is 4.79 Å². The molecule has 0 bridgehead atoms. The molecule has 0 radical (unpaired) electrons. The molecule has 0 saturated heterocycles. The molecule has 0 aliphatic heterocycles. The lowest BCUT2D eigenvalue weighted by Gasteiger charge is -1.90. The fourth-order valence-electron chi connectivity index (χ4n) is 0.696. The minimum absolute atomic E-state index is 0. The molecule has 0 unspecified atom stereocenters. The van der Waals surface area contributed by atoms with Gasteiger partial charge < -0.3 is 14.2 Å². The van der Waals surface area contributed by atoms with Gasteiger partial charge in [-0.05, 0) is 14.0 Å². The molecule has 4 nitrogen and oxygen atoms in total. The summed E-state index contributed by atoms with van der Waals surface area (Å²) in [6.07, 6.45) is 0. The van der Waals surface area contributed by atoms with Crippen molar-refractivity contribution in [3.63, 3.8) is 0 Å². The lowest BCUT2D eigenvalue weighted by molar-refractivity contribution is 0.367. The molecule has 0 saturated carbocycles. The average molecular weight is 175 g/mol. The van der Waals surface area contributed by atoms with E-state index in [0.717, 1.165) is 0 Å². The van der Waals surface area contributed by atoms with Crippen LogP contribution in [0.25, 0.3) is 0 Å². The van der Waals surface area contributed by atoms with Crippen LogP contribution in [0.15, 0.2) is 13.6 Å². The summed E-state index contributed by atoms with van der Waals surface area (Å²) in [4.78, 5) is 10.4. The van der Waals surface area contributed by atoms with Gasteiger partial charge in [0, 0.05) is 0 Å². The highest BCUT2D eigenvalue weighted by Gasteiger charge is 2.05. The SMILES string of the molecule is C.C.CNCc1oc(=O)oc1C. The Hall–Kier alpha value is -1.03. The maximum Gasteiger partial charge on any atom is 0.519 e. The van der Waals surface area contributed by atoms with Gasteiger partial charge in [0.15, 0.2) is 5.76 Å². The van der Waals surface area contributed by atoms with Crippen molar-refractivity contribution in [3.8, 4) is 0 Å². The van der Waals surface area contributed by atoms with E-state index in [1.807, 2.05) is 0 Å². The zero-order chi connectivity index (χ0) is 7.56. The molecule has 0 fully saturated rings. The molecule has 0 aromatic carbocycles. The maximum absolute atomic E-state index is 10.4. The molecule has 1 rings (SSSR count). The minimum atomic E-state index is -0.636. The van der Waals surface area contributed by atoms with E-state index in [-0.39, 0.29) is 14.9 Å². The summed E-state index contributed by atoms with van der Waals surface area (Å²) in [5, 5.41) is 2.85. The molecule has 1 aromatic rings. The summed E-state index contributed by atoms with van der Waals surface area (Å²) < 4.78 is 9.27. The third kappa shape index (κ3) is 2.92. The van der Waals surface area contributed by atoms with Crippen molar-refractivity contribution < 1.29 is 8.83 Å². The molecule has 0 spiro atoms. The normalized spacial score (nSPS) is 8.50. The van der Waals surface area contributed by atoms with Gasteiger partial charge in [-0.1, -0.05) is 14.9 Å². The zero-order valence-electron chi connectivity index (χ0n) is 5.93. The first-order chi connectivity index (χ1) is 4.74. The number of rotatable bonds is 2. The molecule has 1 heterocycles. The van der Waals surface area contributed by atoms with Gasteiger partial charge in [-0.3, -0.25) is 0 Å². The van der Waals surface area contributed by atoms with Gasteiger partial charge in [0.25, 0.3) is 0 Å². The van der Waals surface area contributed by atoms with E-state index in [4.69, 9.17) is 0 Å². The van der Waals surface area contributed by atoms with Crippen LogP contribution in [0.4, 0.5) is 0 Å². The monoisotopic (exact) mass is 175 g/mol. The van der Waals surface area contributed by atoms with E-state index < -0.39 is 5.82 Å². The number of hydrogen-bond donors (Lipinski definition) is 1. The summed E-state index contributed by atoms with van der Waals surface area (Å²) >= 11 is 0. The highest BCUT2D eigenvalue weighted by molar-refractivity contribution is 4.99. The largest absolute Gasteiger partial charge is 0.519 e. The zero-order valence-corrected chi connectivity index (χ0v) is 5.93. The Balaban J connectivity index is 0. The van der Waals surface area contributed by atoms with Crippen molar-refractivity contribution in [1.29, 1.82) is 0 Å². The molecule has 1 aromatic heterocycles. The predicted octanol–water partition coefficient (Wildman–Crippen LogP) is 1.53. The van der Waals surface area contributed by atoms with Crippen LogP contribution in [0, 0.1) is 6.92 Å². The Bertz CT molecular complexity index is 262. The van der Waals surface area contributed by atoms with Crippen LogP contribution in [0.3, 0.4) is 0 Å². The average Bonchev–Trinajstić information content (AvgIpc) is 2.13. The Morgan fingerprint density at radius 2 is 1.92 bits per heavy atom. The molecular weight excluding hydrogens is 158 g/mol. The van der Waals surface area contributed by atoms with Crippen LogP contribution in [0.5, 0.6) is 0 Å². The highest BCUT2D eigenvalue weighted by Crippen LogP contribution is 2.02. The van der Waals surface area contributed by atoms with Gasteiger partial charge in [0.05, 0.1) is 6.54 Å². The Labute approximate surface area is 72.6 Å². The van der Waals surface area contributed by atoms with Gasteiger partial charge in [0.1, 0.15) is 5.76 Å². The lowest BCUT2D eigenvalue weighted by Crippen LogP contribution is -2.05. The Morgan fingerprint density at radius 1 is 1.33 bits per heavy atom. The topological polar surface area (TPSA) is 55.4 Å². The van der Waals surface area contributed by atoms with E-state index in [1.165, 1.54) is 0 Å². The molecule has 1 N–H and O–H groups in total. The van der Waals surface area contributed by atoms with Crippen LogP contribution in [0.2, 0.25) is 0 Å². The first-order valence-electron chi connectivity index (χ1n) is 2.98. The van der Waals surface area contributed by atoms with Crippen molar-refractivity contribution in [2.75, 3.05) is 7.05 Å². The van der Waals surface area contributed by atoms with Gasteiger partial charge >= 0.3 is 5.82 Å². The summed E-state index contributed by atoms with van der Waals surface area (Å²) in [5.74, 6) is 0.467. The fourth-order valence-corrected chi connectivity index (χ4v) is 0.696. The van der Waals surface area contributed by atoms with E-state index in [0.29, 0.717) is 18.1 Å². The minimum Gasteiger partial charge on any atom is -0.396 e.